The molecule has 16 heavy (non-hydrogen) atoms. The van der Waals surface area contributed by atoms with Crippen LogP contribution < -0.4 is 4.74 Å². The van der Waals surface area contributed by atoms with Crippen molar-refractivity contribution in [3.05, 3.63) is 28.2 Å². The average molecular weight is 285 g/mol. The highest BCUT2D eigenvalue weighted by Crippen LogP contribution is 2.24. The zero-order valence-electron chi connectivity index (χ0n) is 9.70. The summed E-state index contributed by atoms with van der Waals surface area (Å²) in [6.07, 6.45) is 2.90. The van der Waals surface area contributed by atoms with Crippen LogP contribution in [0.1, 0.15) is 25.3 Å². The van der Waals surface area contributed by atoms with Crippen LogP contribution in [0.25, 0.3) is 0 Å². The molecule has 1 heterocycles. The summed E-state index contributed by atoms with van der Waals surface area (Å²) < 4.78 is 12.6. The predicted molar refractivity (Wildman–Crippen MR) is 67.9 cm³/mol. The van der Waals surface area contributed by atoms with Crippen molar-refractivity contribution in [1.82, 2.24) is 0 Å². The lowest BCUT2D eigenvalue weighted by molar-refractivity contribution is 0.0263. The lowest BCUT2D eigenvalue weighted by atomic mass is 10.2. The Morgan fingerprint density at radius 2 is 2.25 bits per heavy atom. The van der Waals surface area contributed by atoms with Gasteiger partial charge in [-0.05, 0) is 50.5 Å². The van der Waals surface area contributed by atoms with Gasteiger partial charge in [-0.15, -0.1) is 0 Å². The summed E-state index contributed by atoms with van der Waals surface area (Å²) >= 11 is 3.44. The molecule has 0 bridgehead atoms. The van der Waals surface area contributed by atoms with E-state index in [4.69, 9.17) is 9.47 Å². The molecule has 0 spiro atoms. The van der Waals surface area contributed by atoms with Gasteiger partial charge in [0.15, 0.2) is 0 Å². The van der Waals surface area contributed by atoms with Gasteiger partial charge >= 0.3 is 0 Å². The Hall–Kier alpha value is -0.540. The minimum atomic E-state index is 0.262. The Balaban J connectivity index is 1.89. The number of hydrogen-bond donors (Lipinski definition) is 0. The van der Waals surface area contributed by atoms with E-state index in [9.17, 15) is 0 Å². The molecule has 2 atom stereocenters. The summed E-state index contributed by atoms with van der Waals surface area (Å²) in [6.45, 7) is 4.83. The fraction of sp³-hybridized carbons (Fsp3) is 0.538. The van der Waals surface area contributed by atoms with Gasteiger partial charge in [-0.1, -0.05) is 15.9 Å². The Labute approximate surface area is 105 Å². The van der Waals surface area contributed by atoms with Gasteiger partial charge in [-0.3, -0.25) is 0 Å². The van der Waals surface area contributed by atoms with Crippen molar-refractivity contribution >= 4 is 15.9 Å². The average Bonchev–Trinajstić information content (AvgIpc) is 2.63. The first kappa shape index (κ1) is 11.9. The van der Waals surface area contributed by atoms with Crippen molar-refractivity contribution < 1.29 is 9.47 Å². The van der Waals surface area contributed by atoms with Crippen molar-refractivity contribution in [2.75, 3.05) is 6.61 Å². The van der Waals surface area contributed by atoms with E-state index in [1.165, 1.54) is 0 Å². The van der Waals surface area contributed by atoms with Crippen LogP contribution in [0, 0.1) is 6.92 Å². The lowest BCUT2D eigenvalue weighted by Gasteiger charge is -2.14. The SMILES string of the molecule is Cc1cc(Br)ccc1OCC1CCC(C)O1. The maximum atomic E-state index is 5.78. The number of benzene rings is 1. The van der Waals surface area contributed by atoms with Crippen molar-refractivity contribution in [2.45, 2.75) is 38.9 Å². The lowest BCUT2D eigenvalue weighted by Crippen LogP contribution is -2.18. The predicted octanol–water partition coefficient (Wildman–Crippen LogP) is 3.70. The summed E-state index contributed by atoms with van der Waals surface area (Å²) in [7, 11) is 0. The molecule has 3 heteroatoms. The second-order valence-electron chi connectivity index (χ2n) is 4.37. The largest absolute Gasteiger partial charge is 0.491 e. The van der Waals surface area contributed by atoms with Crippen molar-refractivity contribution in [3.8, 4) is 5.75 Å². The molecule has 2 rings (SSSR count). The van der Waals surface area contributed by atoms with Gasteiger partial charge in [0.2, 0.25) is 0 Å². The van der Waals surface area contributed by atoms with Crippen LogP contribution >= 0.6 is 15.9 Å². The first-order chi connectivity index (χ1) is 7.65. The topological polar surface area (TPSA) is 18.5 Å². The van der Waals surface area contributed by atoms with Gasteiger partial charge in [-0.2, -0.15) is 0 Å². The Morgan fingerprint density at radius 1 is 1.44 bits per heavy atom. The molecule has 2 unspecified atom stereocenters. The molecule has 1 aliphatic heterocycles. The van der Waals surface area contributed by atoms with Crippen LogP contribution in [0.15, 0.2) is 22.7 Å². The fourth-order valence-electron chi connectivity index (χ4n) is 1.97. The molecule has 0 radical (unpaired) electrons. The smallest absolute Gasteiger partial charge is 0.122 e. The monoisotopic (exact) mass is 284 g/mol. The second-order valence-corrected chi connectivity index (χ2v) is 5.28. The van der Waals surface area contributed by atoms with Crippen LogP contribution in [-0.4, -0.2) is 18.8 Å². The molecule has 1 fully saturated rings. The molecule has 88 valence electrons. The van der Waals surface area contributed by atoms with E-state index < -0.39 is 0 Å². The normalized spacial score (nSPS) is 24.7. The van der Waals surface area contributed by atoms with Gasteiger partial charge in [-0.25, -0.2) is 0 Å². The van der Waals surface area contributed by atoms with Crippen LogP contribution in [0.3, 0.4) is 0 Å². The standard InChI is InChI=1S/C13H17BrO2/c1-9-7-11(14)4-6-13(9)15-8-12-5-3-10(2)16-12/h4,6-7,10,12H,3,5,8H2,1-2H3. The van der Waals surface area contributed by atoms with Crippen LogP contribution in [0.5, 0.6) is 5.75 Å². The quantitative estimate of drug-likeness (QED) is 0.843. The fourth-order valence-corrected chi connectivity index (χ4v) is 2.44. The zero-order chi connectivity index (χ0) is 11.5. The van der Waals surface area contributed by atoms with Crippen molar-refractivity contribution in [3.63, 3.8) is 0 Å². The Morgan fingerprint density at radius 3 is 2.88 bits per heavy atom. The van der Waals surface area contributed by atoms with E-state index in [1.807, 2.05) is 12.1 Å². The Kier molecular flexibility index (Phi) is 3.87. The summed E-state index contributed by atoms with van der Waals surface area (Å²) in [4.78, 5) is 0. The molecule has 2 nitrogen and oxygen atoms in total. The molecule has 0 aromatic heterocycles. The minimum Gasteiger partial charge on any atom is -0.491 e. The molecular weight excluding hydrogens is 268 g/mol. The highest BCUT2D eigenvalue weighted by molar-refractivity contribution is 9.10. The number of rotatable bonds is 3. The highest BCUT2D eigenvalue weighted by atomic mass is 79.9. The number of ether oxygens (including phenoxy) is 2. The molecule has 0 amide bonds. The molecule has 1 aliphatic rings. The van der Waals surface area contributed by atoms with E-state index in [1.54, 1.807) is 0 Å². The van der Waals surface area contributed by atoms with E-state index in [0.29, 0.717) is 12.7 Å². The van der Waals surface area contributed by atoms with E-state index >= 15 is 0 Å². The highest BCUT2D eigenvalue weighted by Gasteiger charge is 2.22. The van der Waals surface area contributed by atoms with Crippen LogP contribution in [0.2, 0.25) is 0 Å². The third-order valence-corrected chi connectivity index (χ3v) is 3.37. The van der Waals surface area contributed by atoms with E-state index in [2.05, 4.69) is 35.8 Å². The third-order valence-electron chi connectivity index (χ3n) is 2.88. The summed E-state index contributed by atoms with van der Waals surface area (Å²) in [6, 6.07) is 6.06. The second kappa shape index (κ2) is 5.19. The summed E-state index contributed by atoms with van der Waals surface area (Å²) in [5.74, 6) is 0.950. The molecule has 1 saturated heterocycles. The molecule has 1 aromatic rings. The van der Waals surface area contributed by atoms with E-state index in [-0.39, 0.29) is 6.10 Å². The maximum absolute atomic E-state index is 5.78. The van der Waals surface area contributed by atoms with Crippen molar-refractivity contribution in [2.24, 2.45) is 0 Å². The first-order valence-corrected chi connectivity index (χ1v) is 6.49. The number of halogens is 1. The molecule has 0 saturated carbocycles. The molecular formula is C13H17BrO2. The van der Waals surface area contributed by atoms with Gasteiger partial charge in [0.1, 0.15) is 12.4 Å². The van der Waals surface area contributed by atoms with Crippen LogP contribution in [0.4, 0.5) is 0 Å². The number of hydrogen-bond acceptors (Lipinski definition) is 2. The molecule has 0 N–H and O–H groups in total. The third kappa shape index (κ3) is 2.98. The maximum Gasteiger partial charge on any atom is 0.122 e. The molecule has 1 aromatic carbocycles. The minimum absolute atomic E-state index is 0.262. The zero-order valence-corrected chi connectivity index (χ0v) is 11.3. The number of aryl methyl sites for hydroxylation is 1. The Bertz CT molecular complexity index is 365. The van der Waals surface area contributed by atoms with Crippen molar-refractivity contribution in [1.29, 1.82) is 0 Å². The van der Waals surface area contributed by atoms with Crippen LogP contribution in [-0.2, 0) is 4.74 Å². The van der Waals surface area contributed by atoms with Gasteiger partial charge in [0.25, 0.3) is 0 Å². The summed E-state index contributed by atoms with van der Waals surface area (Å²) in [5.41, 5.74) is 1.15. The van der Waals surface area contributed by atoms with Gasteiger partial charge < -0.3 is 9.47 Å². The van der Waals surface area contributed by atoms with Gasteiger partial charge in [0.05, 0.1) is 12.2 Å². The first-order valence-electron chi connectivity index (χ1n) is 5.69. The molecule has 0 aliphatic carbocycles. The van der Waals surface area contributed by atoms with E-state index in [0.717, 1.165) is 28.6 Å². The van der Waals surface area contributed by atoms with Gasteiger partial charge in [0, 0.05) is 4.47 Å². The summed E-state index contributed by atoms with van der Waals surface area (Å²) in [5, 5.41) is 0.